The molecule has 100 valence electrons. The highest BCUT2D eigenvalue weighted by molar-refractivity contribution is 5.63. The number of halogens is 4. The predicted molar refractivity (Wildman–Crippen MR) is 62.9 cm³/mol. The van der Waals surface area contributed by atoms with E-state index in [9.17, 15) is 17.6 Å². The first-order valence-electron chi connectivity index (χ1n) is 5.48. The Hall–Kier alpha value is -1.88. The van der Waals surface area contributed by atoms with E-state index in [1.54, 1.807) is 6.07 Å². The van der Waals surface area contributed by atoms with E-state index in [4.69, 9.17) is 5.11 Å². The number of benzene rings is 2. The fourth-order valence-corrected chi connectivity index (χ4v) is 1.71. The summed E-state index contributed by atoms with van der Waals surface area (Å²) in [4.78, 5) is 0. The molecule has 2 aromatic rings. The summed E-state index contributed by atoms with van der Waals surface area (Å²) in [7, 11) is 0. The van der Waals surface area contributed by atoms with Crippen molar-refractivity contribution < 1.29 is 22.7 Å². The van der Waals surface area contributed by atoms with Crippen molar-refractivity contribution in [2.45, 2.75) is 12.3 Å². The number of rotatable bonds is 2. The van der Waals surface area contributed by atoms with Gasteiger partial charge in [0.25, 0.3) is 0 Å². The molecular weight excluding hydrogens is 260 g/mol. The zero-order valence-electron chi connectivity index (χ0n) is 9.66. The molecule has 1 nitrogen and oxygen atoms in total. The highest BCUT2D eigenvalue weighted by Crippen LogP contribution is 2.33. The Bertz CT molecular complexity index is 560. The van der Waals surface area contributed by atoms with Gasteiger partial charge in [-0.15, -0.1) is 0 Å². The van der Waals surface area contributed by atoms with Gasteiger partial charge in [-0.05, 0) is 28.8 Å². The van der Waals surface area contributed by atoms with E-state index >= 15 is 0 Å². The maximum Gasteiger partial charge on any atom is 0.418 e. The summed E-state index contributed by atoms with van der Waals surface area (Å²) in [5.41, 5.74) is 0.901. The maximum absolute atomic E-state index is 13.0. The zero-order valence-corrected chi connectivity index (χ0v) is 9.66. The fraction of sp³-hybridized carbons (Fsp3) is 0.143. The summed E-state index contributed by atoms with van der Waals surface area (Å²) in [5, 5.41) is 9.08. The minimum Gasteiger partial charge on any atom is -0.379 e. The van der Waals surface area contributed by atoms with Crippen LogP contribution in [0.15, 0.2) is 48.5 Å². The van der Waals surface area contributed by atoms with Crippen LogP contribution in [0.1, 0.15) is 11.7 Å². The van der Waals surface area contributed by atoms with Crippen molar-refractivity contribution in [1.82, 2.24) is 0 Å². The highest BCUT2D eigenvalue weighted by Gasteiger charge is 2.39. The molecule has 0 aliphatic heterocycles. The molecule has 19 heavy (non-hydrogen) atoms. The predicted octanol–water partition coefficient (Wildman–Crippen LogP) is 4.09. The van der Waals surface area contributed by atoms with Crippen LogP contribution >= 0.6 is 0 Å². The van der Waals surface area contributed by atoms with Gasteiger partial charge >= 0.3 is 6.18 Å². The van der Waals surface area contributed by atoms with Crippen LogP contribution in [0.4, 0.5) is 17.6 Å². The molecule has 5 heteroatoms. The molecule has 0 fully saturated rings. The number of hydrogen-bond acceptors (Lipinski definition) is 1. The second-order valence-electron chi connectivity index (χ2n) is 4.08. The van der Waals surface area contributed by atoms with Gasteiger partial charge in [0.15, 0.2) is 6.10 Å². The highest BCUT2D eigenvalue weighted by atomic mass is 19.4. The molecule has 0 unspecified atom stereocenters. The molecule has 0 aliphatic carbocycles. The van der Waals surface area contributed by atoms with Crippen LogP contribution < -0.4 is 0 Å². The van der Waals surface area contributed by atoms with Gasteiger partial charge in [-0.2, -0.15) is 13.2 Å². The smallest absolute Gasteiger partial charge is 0.379 e. The Balaban J connectivity index is 2.29. The summed E-state index contributed by atoms with van der Waals surface area (Å²) in [5.74, 6) is -0.420. The largest absolute Gasteiger partial charge is 0.418 e. The first kappa shape index (κ1) is 13.5. The summed E-state index contributed by atoms with van der Waals surface area (Å²) in [6.07, 6.45) is -7.20. The van der Waals surface area contributed by atoms with Crippen molar-refractivity contribution in [3.63, 3.8) is 0 Å². The number of alkyl halides is 3. The van der Waals surface area contributed by atoms with Gasteiger partial charge in [0, 0.05) is 0 Å². The number of aliphatic hydroxyl groups is 1. The average Bonchev–Trinajstić information content (AvgIpc) is 2.37. The minimum absolute atomic E-state index is 0.243. The summed E-state index contributed by atoms with van der Waals surface area (Å²) in [6, 6.07) is 10.9. The third-order valence-corrected chi connectivity index (χ3v) is 2.69. The lowest BCUT2D eigenvalue weighted by Crippen LogP contribution is -2.19. The van der Waals surface area contributed by atoms with E-state index < -0.39 is 18.1 Å². The Kier molecular flexibility index (Phi) is 3.57. The van der Waals surface area contributed by atoms with Crippen molar-refractivity contribution in [2.24, 2.45) is 0 Å². The van der Waals surface area contributed by atoms with Crippen LogP contribution in [0.3, 0.4) is 0 Å². The van der Waals surface area contributed by atoms with Gasteiger partial charge < -0.3 is 5.11 Å². The minimum atomic E-state index is -4.69. The Morgan fingerprint density at radius 3 is 2.05 bits per heavy atom. The normalized spacial score (nSPS) is 13.3. The molecule has 2 aromatic carbocycles. The fourth-order valence-electron chi connectivity index (χ4n) is 1.71. The van der Waals surface area contributed by atoms with Gasteiger partial charge in [0.05, 0.1) is 0 Å². The molecule has 0 saturated heterocycles. The van der Waals surface area contributed by atoms with Crippen LogP contribution in [0.5, 0.6) is 0 Å². The quantitative estimate of drug-likeness (QED) is 0.815. The van der Waals surface area contributed by atoms with Crippen molar-refractivity contribution in [2.75, 3.05) is 0 Å². The second-order valence-corrected chi connectivity index (χ2v) is 4.08. The van der Waals surface area contributed by atoms with Crippen LogP contribution in [-0.4, -0.2) is 11.3 Å². The van der Waals surface area contributed by atoms with Crippen molar-refractivity contribution in [3.8, 4) is 11.1 Å². The molecule has 0 radical (unpaired) electrons. The summed E-state index contributed by atoms with van der Waals surface area (Å²) < 4.78 is 50.0. The van der Waals surface area contributed by atoms with Gasteiger partial charge in [0.2, 0.25) is 0 Å². The molecular formula is C14H10F4O. The number of hydrogen-bond donors (Lipinski definition) is 1. The van der Waals surface area contributed by atoms with E-state index in [2.05, 4.69) is 0 Å². The van der Waals surface area contributed by atoms with Gasteiger partial charge in [0.1, 0.15) is 5.82 Å². The maximum atomic E-state index is 13.0. The van der Waals surface area contributed by atoms with Gasteiger partial charge in [-0.1, -0.05) is 36.4 Å². The van der Waals surface area contributed by atoms with E-state index in [0.29, 0.717) is 11.1 Å². The van der Waals surface area contributed by atoms with Crippen LogP contribution in [-0.2, 0) is 0 Å². The van der Waals surface area contributed by atoms with Gasteiger partial charge in [-0.25, -0.2) is 4.39 Å². The molecule has 1 atom stereocenters. The Morgan fingerprint density at radius 2 is 1.53 bits per heavy atom. The lowest BCUT2D eigenvalue weighted by Gasteiger charge is -2.15. The van der Waals surface area contributed by atoms with Crippen molar-refractivity contribution in [1.29, 1.82) is 0 Å². The molecule has 0 saturated carbocycles. The zero-order chi connectivity index (χ0) is 14.0. The third kappa shape index (κ3) is 3.12. The monoisotopic (exact) mass is 270 g/mol. The van der Waals surface area contributed by atoms with Crippen molar-refractivity contribution >= 4 is 0 Å². The lowest BCUT2D eigenvalue weighted by molar-refractivity contribution is -0.206. The molecule has 2 rings (SSSR count). The topological polar surface area (TPSA) is 20.2 Å². The molecule has 0 spiro atoms. The standard InChI is InChI=1S/C14H10F4O/c15-12-3-1-2-11(8-12)9-4-6-10(7-5-9)13(19)14(16,17)18/h1-8,13,19H/t13-/m0/s1. The molecule has 0 heterocycles. The second kappa shape index (κ2) is 5.01. The van der Waals surface area contributed by atoms with Gasteiger partial charge in [-0.3, -0.25) is 0 Å². The van der Waals surface area contributed by atoms with E-state index in [-0.39, 0.29) is 5.56 Å². The first-order chi connectivity index (χ1) is 8.88. The van der Waals surface area contributed by atoms with Crippen LogP contribution in [0.2, 0.25) is 0 Å². The third-order valence-electron chi connectivity index (χ3n) is 2.69. The Morgan fingerprint density at radius 1 is 0.895 bits per heavy atom. The summed E-state index contributed by atoms with van der Waals surface area (Å²) >= 11 is 0. The summed E-state index contributed by atoms with van der Waals surface area (Å²) in [6.45, 7) is 0. The molecule has 1 N–H and O–H groups in total. The van der Waals surface area contributed by atoms with Crippen molar-refractivity contribution in [3.05, 3.63) is 59.9 Å². The first-order valence-corrected chi connectivity index (χ1v) is 5.48. The Labute approximate surface area is 107 Å². The van der Waals surface area contributed by atoms with Crippen LogP contribution in [0, 0.1) is 5.82 Å². The molecule has 0 aliphatic rings. The van der Waals surface area contributed by atoms with Crippen LogP contribution in [0.25, 0.3) is 11.1 Å². The van der Waals surface area contributed by atoms with E-state index in [1.807, 2.05) is 0 Å². The SMILES string of the molecule is O[C@@H](c1ccc(-c2cccc(F)c2)cc1)C(F)(F)F. The lowest BCUT2D eigenvalue weighted by atomic mass is 10.0. The molecule has 0 bridgehead atoms. The number of aliphatic hydroxyl groups excluding tert-OH is 1. The molecule has 0 amide bonds. The molecule has 0 aromatic heterocycles. The average molecular weight is 270 g/mol. The van der Waals surface area contributed by atoms with E-state index in [1.165, 1.54) is 42.5 Å². The van der Waals surface area contributed by atoms with E-state index in [0.717, 1.165) is 0 Å².